The van der Waals surface area contributed by atoms with Gasteiger partial charge in [-0.2, -0.15) is 5.10 Å². The van der Waals surface area contributed by atoms with Crippen LogP contribution in [-0.2, 0) is 4.79 Å². The van der Waals surface area contributed by atoms with Gasteiger partial charge in [-0.15, -0.1) is 0 Å². The average Bonchev–Trinajstić information content (AvgIpc) is 2.39. The molecule has 0 bridgehead atoms. The van der Waals surface area contributed by atoms with Crippen molar-refractivity contribution in [1.29, 1.82) is 0 Å². The maximum Gasteiger partial charge on any atom is 0.258 e. The lowest BCUT2D eigenvalue weighted by molar-refractivity contribution is -0.114. The van der Waals surface area contributed by atoms with Gasteiger partial charge in [0.1, 0.15) is 5.82 Å². The van der Waals surface area contributed by atoms with Crippen molar-refractivity contribution in [3.05, 3.63) is 12.3 Å². The van der Waals surface area contributed by atoms with Crippen LogP contribution in [0.15, 0.2) is 12.3 Å². The zero-order valence-corrected chi connectivity index (χ0v) is 6.86. The summed E-state index contributed by atoms with van der Waals surface area (Å²) in [5.41, 5.74) is 0. The number of alkyl halides is 2. The van der Waals surface area contributed by atoms with E-state index in [1.807, 2.05) is 0 Å². The van der Waals surface area contributed by atoms with Crippen LogP contribution >= 0.6 is 23.2 Å². The summed E-state index contributed by atoms with van der Waals surface area (Å²) in [7, 11) is 0. The number of amides is 1. The lowest BCUT2D eigenvalue weighted by Gasteiger charge is -2.00. The molecule has 0 aliphatic carbocycles. The molecule has 0 aliphatic heterocycles. The summed E-state index contributed by atoms with van der Waals surface area (Å²) in [5.74, 6) is -0.00103. The van der Waals surface area contributed by atoms with Gasteiger partial charge in [0.25, 0.3) is 5.91 Å². The number of aromatic nitrogens is 2. The Morgan fingerprint density at radius 2 is 2.45 bits per heavy atom. The molecule has 0 spiro atoms. The molecule has 1 aromatic rings. The standard InChI is InChI=1S/C5H5Cl2N3O/c6-4(7)5(11)9-3-1-2-8-10-3/h1-2,4H,(H2,8,9,10,11). The van der Waals surface area contributed by atoms with E-state index in [4.69, 9.17) is 23.2 Å². The van der Waals surface area contributed by atoms with Crippen LogP contribution in [0.2, 0.25) is 0 Å². The number of halogens is 2. The van der Waals surface area contributed by atoms with Crippen LogP contribution in [0.5, 0.6) is 0 Å². The molecule has 0 aliphatic rings. The maximum absolute atomic E-state index is 10.8. The van der Waals surface area contributed by atoms with Crippen molar-refractivity contribution in [2.24, 2.45) is 0 Å². The lowest BCUT2D eigenvalue weighted by atomic mass is 10.6. The Morgan fingerprint density at radius 1 is 1.73 bits per heavy atom. The zero-order valence-electron chi connectivity index (χ0n) is 5.34. The highest BCUT2D eigenvalue weighted by atomic mass is 35.5. The van der Waals surface area contributed by atoms with Gasteiger partial charge in [-0.1, -0.05) is 23.2 Å². The highest BCUT2D eigenvalue weighted by Crippen LogP contribution is 2.06. The third kappa shape index (κ3) is 2.40. The molecule has 0 unspecified atom stereocenters. The van der Waals surface area contributed by atoms with Gasteiger partial charge in [0.05, 0.1) is 6.20 Å². The van der Waals surface area contributed by atoms with Gasteiger partial charge in [-0.3, -0.25) is 9.89 Å². The molecular weight excluding hydrogens is 189 g/mol. The summed E-state index contributed by atoms with van der Waals surface area (Å²) in [5, 5.41) is 8.53. The van der Waals surface area contributed by atoms with Crippen molar-refractivity contribution in [3.8, 4) is 0 Å². The van der Waals surface area contributed by atoms with Crippen LogP contribution in [0.3, 0.4) is 0 Å². The molecule has 0 aromatic carbocycles. The van der Waals surface area contributed by atoms with Crippen LogP contribution < -0.4 is 5.32 Å². The number of rotatable bonds is 2. The van der Waals surface area contributed by atoms with Gasteiger partial charge in [0.2, 0.25) is 0 Å². The number of hydrogen-bond acceptors (Lipinski definition) is 2. The second-order valence-electron chi connectivity index (χ2n) is 1.76. The van der Waals surface area contributed by atoms with Crippen LogP contribution in [-0.4, -0.2) is 20.9 Å². The number of aromatic amines is 1. The van der Waals surface area contributed by atoms with Crippen molar-refractivity contribution in [2.45, 2.75) is 4.84 Å². The molecule has 2 N–H and O–H groups in total. The first-order valence-electron chi connectivity index (χ1n) is 2.78. The number of nitrogens with zero attached hydrogens (tertiary/aromatic N) is 1. The molecule has 1 amide bonds. The summed E-state index contributed by atoms with van der Waals surface area (Å²) in [6.45, 7) is 0. The van der Waals surface area contributed by atoms with Crippen LogP contribution in [0.25, 0.3) is 0 Å². The highest BCUT2D eigenvalue weighted by molar-refractivity contribution is 6.54. The molecule has 0 radical (unpaired) electrons. The van der Waals surface area contributed by atoms with Gasteiger partial charge in [-0.05, 0) is 0 Å². The van der Waals surface area contributed by atoms with E-state index in [0.29, 0.717) is 5.82 Å². The molecule has 4 nitrogen and oxygen atoms in total. The van der Waals surface area contributed by atoms with Gasteiger partial charge < -0.3 is 5.32 Å². The quantitative estimate of drug-likeness (QED) is 0.693. The number of H-pyrrole nitrogens is 1. The van der Waals surface area contributed by atoms with Crippen LogP contribution in [0.4, 0.5) is 5.82 Å². The predicted molar refractivity (Wildman–Crippen MR) is 42.7 cm³/mol. The largest absolute Gasteiger partial charge is 0.309 e. The molecule has 11 heavy (non-hydrogen) atoms. The van der Waals surface area contributed by atoms with Gasteiger partial charge in [0, 0.05) is 6.07 Å². The summed E-state index contributed by atoms with van der Waals surface area (Å²) in [6, 6.07) is 1.59. The molecule has 0 saturated heterocycles. The fourth-order valence-corrected chi connectivity index (χ4v) is 0.622. The highest BCUT2D eigenvalue weighted by Gasteiger charge is 2.11. The van der Waals surface area contributed by atoms with E-state index in [0.717, 1.165) is 0 Å². The first-order valence-corrected chi connectivity index (χ1v) is 3.66. The lowest BCUT2D eigenvalue weighted by Crippen LogP contribution is -2.18. The van der Waals surface area contributed by atoms with E-state index >= 15 is 0 Å². The van der Waals surface area contributed by atoms with Gasteiger partial charge in [0.15, 0.2) is 4.84 Å². The van der Waals surface area contributed by atoms with Crippen molar-refractivity contribution < 1.29 is 4.79 Å². The number of carbonyl (C=O) groups excluding carboxylic acids is 1. The second-order valence-corrected chi connectivity index (χ2v) is 2.86. The van der Waals surface area contributed by atoms with Crippen LogP contribution in [0.1, 0.15) is 0 Å². The third-order valence-electron chi connectivity index (χ3n) is 0.957. The van der Waals surface area contributed by atoms with Crippen LogP contribution in [0, 0.1) is 0 Å². The Balaban J connectivity index is 2.50. The number of hydrogen-bond donors (Lipinski definition) is 2. The van der Waals surface area contributed by atoms with Crippen molar-refractivity contribution in [1.82, 2.24) is 10.2 Å². The SMILES string of the molecule is O=C(Nc1ccn[nH]1)C(Cl)Cl. The minimum atomic E-state index is -1.06. The summed E-state index contributed by atoms with van der Waals surface area (Å²) < 4.78 is 0. The maximum atomic E-state index is 10.8. The monoisotopic (exact) mass is 193 g/mol. The molecule has 60 valence electrons. The predicted octanol–water partition coefficient (Wildman–Crippen LogP) is 1.15. The van der Waals surface area contributed by atoms with E-state index < -0.39 is 10.7 Å². The van der Waals surface area contributed by atoms with Crippen molar-refractivity contribution in [2.75, 3.05) is 5.32 Å². The van der Waals surface area contributed by atoms with Gasteiger partial charge in [-0.25, -0.2) is 0 Å². The van der Waals surface area contributed by atoms with Crippen molar-refractivity contribution >= 4 is 34.9 Å². The zero-order chi connectivity index (χ0) is 8.27. The molecule has 0 fully saturated rings. The fraction of sp³-hybridized carbons (Fsp3) is 0.200. The molecule has 1 heterocycles. The Kier molecular flexibility index (Phi) is 2.73. The summed E-state index contributed by atoms with van der Waals surface area (Å²) >= 11 is 10.5. The van der Waals surface area contributed by atoms with E-state index in [2.05, 4.69) is 15.5 Å². The minimum Gasteiger partial charge on any atom is -0.309 e. The first kappa shape index (κ1) is 8.36. The summed E-state index contributed by atoms with van der Waals surface area (Å²) in [6.07, 6.45) is 1.51. The Labute approximate surface area is 72.9 Å². The van der Waals surface area contributed by atoms with Crippen molar-refractivity contribution in [3.63, 3.8) is 0 Å². The summed E-state index contributed by atoms with van der Waals surface area (Å²) in [4.78, 5) is 9.73. The van der Waals surface area contributed by atoms with E-state index in [1.165, 1.54) is 6.20 Å². The Bertz CT molecular complexity index is 234. The number of carbonyl (C=O) groups is 1. The minimum absolute atomic E-state index is 0.473. The smallest absolute Gasteiger partial charge is 0.258 e. The fourth-order valence-electron chi connectivity index (χ4n) is 0.513. The van der Waals surface area contributed by atoms with Gasteiger partial charge >= 0.3 is 0 Å². The molecule has 1 rings (SSSR count). The number of nitrogens with one attached hydrogen (secondary N) is 2. The third-order valence-corrected chi connectivity index (χ3v) is 1.35. The molecule has 6 heteroatoms. The normalized spacial score (nSPS) is 10.1. The average molecular weight is 194 g/mol. The molecule has 0 saturated carbocycles. The van der Waals surface area contributed by atoms with E-state index in [1.54, 1.807) is 6.07 Å². The van der Waals surface area contributed by atoms with E-state index in [9.17, 15) is 4.79 Å². The molecular formula is C5H5Cl2N3O. The molecule has 0 atom stereocenters. The Hall–Kier alpha value is -0.740. The van der Waals surface area contributed by atoms with E-state index in [-0.39, 0.29) is 0 Å². The topological polar surface area (TPSA) is 57.8 Å². The second kappa shape index (κ2) is 3.59. The Morgan fingerprint density at radius 3 is 2.91 bits per heavy atom. The molecule has 1 aromatic heterocycles. The number of anilines is 1. The first-order chi connectivity index (χ1) is 5.20.